The Bertz CT molecular complexity index is 1260. The molecule has 0 amide bonds. The molecule has 5 aliphatic rings. The molecular formula is C27H26Cl3N3S. The molecule has 4 aliphatic carbocycles. The summed E-state index contributed by atoms with van der Waals surface area (Å²) in [5, 5.41) is 11.1. The molecule has 1 N–H and O–H groups in total. The number of halogens is 3. The van der Waals surface area contributed by atoms with Gasteiger partial charge in [0.15, 0.2) is 0 Å². The number of rotatable bonds is 4. The lowest BCUT2D eigenvalue weighted by Gasteiger charge is -2.54. The van der Waals surface area contributed by atoms with E-state index in [9.17, 15) is 0 Å². The van der Waals surface area contributed by atoms with Gasteiger partial charge in [0.1, 0.15) is 0 Å². The van der Waals surface area contributed by atoms with Crippen molar-refractivity contribution >= 4 is 46.6 Å². The van der Waals surface area contributed by atoms with Gasteiger partial charge in [0.2, 0.25) is 0 Å². The quantitative estimate of drug-likeness (QED) is 0.370. The van der Waals surface area contributed by atoms with Crippen LogP contribution < -0.4 is 5.32 Å². The van der Waals surface area contributed by atoms with Crippen LogP contribution in [-0.4, -0.2) is 15.8 Å². The molecule has 3 nitrogen and oxygen atoms in total. The molecule has 7 heteroatoms. The first-order chi connectivity index (χ1) is 16.5. The molecule has 0 radical (unpaired) electrons. The van der Waals surface area contributed by atoms with E-state index in [-0.39, 0.29) is 0 Å². The van der Waals surface area contributed by atoms with Crippen molar-refractivity contribution in [2.45, 2.75) is 55.3 Å². The van der Waals surface area contributed by atoms with Gasteiger partial charge < -0.3 is 5.32 Å². The monoisotopic (exact) mass is 529 g/mol. The van der Waals surface area contributed by atoms with Crippen molar-refractivity contribution in [1.29, 1.82) is 0 Å². The molecule has 0 spiro atoms. The van der Waals surface area contributed by atoms with Crippen LogP contribution in [0.1, 0.15) is 43.4 Å². The van der Waals surface area contributed by atoms with Crippen LogP contribution in [0.4, 0.5) is 0 Å². The lowest BCUT2D eigenvalue weighted by atomic mass is 9.54. The maximum absolute atomic E-state index is 6.66. The molecule has 2 aromatic carbocycles. The van der Waals surface area contributed by atoms with E-state index in [2.05, 4.69) is 17.4 Å². The number of benzene rings is 2. The first-order valence-corrected chi connectivity index (χ1v) is 14.4. The van der Waals surface area contributed by atoms with Crippen LogP contribution in [0.25, 0.3) is 16.9 Å². The lowest BCUT2D eigenvalue weighted by molar-refractivity contribution is -0.0144. The Morgan fingerprint density at radius 3 is 2.35 bits per heavy atom. The summed E-state index contributed by atoms with van der Waals surface area (Å²) in [6.07, 6.45) is 7.15. The first kappa shape index (κ1) is 22.1. The van der Waals surface area contributed by atoms with Crippen molar-refractivity contribution in [3.05, 3.63) is 62.7 Å². The average Bonchev–Trinajstić information content (AvgIpc) is 3.16. The predicted octanol–water partition coefficient (Wildman–Crippen LogP) is 8.02. The van der Waals surface area contributed by atoms with Gasteiger partial charge in [0.25, 0.3) is 0 Å². The molecule has 0 unspecified atom stereocenters. The van der Waals surface area contributed by atoms with Crippen molar-refractivity contribution in [2.24, 2.45) is 23.7 Å². The molecule has 8 rings (SSSR count). The van der Waals surface area contributed by atoms with Crippen LogP contribution in [0.5, 0.6) is 0 Å². The number of hydrogen-bond acceptors (Lipinski definition) is 3. The minimum atomic E-state index is 0.601. The van der Waals surface area contributed by atoms with Crippen LogP contribution in [0.15, 0.2) is 41.3 Å². The molecule has 34 heavy (non-hydrogen) atoms. The number of thioether (sulfide) groups is 1. The van der Waals surface area contributed by atoms with Crippen molar-refractivity contribution in [3.8, 4) is 16.9 Å². The minimum absolute atomic E-state index is 0.601. The Hall–Kier alpha value is -1.17. The van der Waals surface area contributed by atoms with Crippen molar-refractivity contribution in [3.63, 3.8) is 0 Å². The maximum atomic E-state index is 6.66. The fraction of sp³-hybridized carbons (Fsp3) is 0.444. The number of nitrogens with zero attached hydrogens (tertiary/aromatic N) is 2. The predicted molar refractivity (Wildman–Crippen MR) is 141 cm³/mol. The zero-order valence-corrected chi connectivity index (χ0v) is 21.8. The summed E-state index contributed by atoms with van der Waals surface area (Å²) in [6, 6.07) is 12.4. The van der Waals surface area contributed by atoms with E-state index < -0.39 is 0 Å². The second kappa shape index (κ2) is 8.45. The van der Waals surface area contributed by atoms with E-state index in [4.69, 9.17) is 39.9 Å². The van der Waals surface area contributed by atoms with Gasteiger partial charge in [-0.2, -0.15) is 5.10 Å². The third-order valence-electron chi connectivity index (χ3n) is 8.47. The number of fused-ring (bicyclic) bond motifs is 3. The number of aromatic nitrogens is 2. The van der Waals surface area contributed by atoms with E-state index in [0.717, 1.165) is 58.1 Å². The Morgan fingerprint density at radius 1 is 0.912 bits per heavy atom. The second-order valence-corrected chi connectivity index (χ2v) is 12.8. The maximum Gasteiger partial charge on any atom is 0.0909 e. The van der Waals surface area contributed by atoms with Gasteiger partial charge in [-0.25, -0.2) is 4.68 Å². The summed E-state index contributed by atoms with van der Waals surface area (Å²) < 4.78 is 2.01. The van der Waals surface area contributed by atoms with E-state index in [1.165, 1.54) is 48.1 Å². The van der Waals surface area contributed by atoms with Gasteiger partial charge in [-0.05, 0) is 91.7 Å². The molecule has 4 saturated carbocycles. The molecule has 1 aliphatic heterocycles. The van der Waals surface area contributed by atoms with Gasteiger partial charge in [0.05, 0.1) is 27.0 Å². The van der Waals surface area contributed by atoms with E-state index in [0.29, 0.717) is 16.1 Å². The molecule has 4 bridgehead atoms. The van der Waals surface area contributed by atoms with Crippen molar-refractivity contribution in [1.82, 2.24) is 15.1 Å². The Labute approximate surface area is 219 Å². The smallest absolute Gasteiger partial charge is 0.0909 e. The SMILES string of the molecule is Clc1ccc(-n2nc(CNC3C4CC5CC(C4)CC3C5)c3c2-c2ccc(Cl)cc2CS3)c(Cl)c1. The zero-order chi connectivity index (χ0) is 23.0. The fourth-order valence-electron chi connectivity index (χ4n) is 7.32. The lowest BCUT2D eigenvalue weighted by Crippen LogP contribution is -2.54. The van der Waals surface area contributed by atoms with Crippen molar-refractivity contribution in [2.75, 3.05) is 0 Å². The zero-order valence-electron chi connectivity index (χ0n) is 18.7. The number of hydrogen-bond donors (Lipinski definition) is 1. The highest BCUT2D eigenvalue weighted by molar-refractivity contribution is 7.98. The van der Waals surface area contributed by atoms with Gasteiger partial charge in [0, 0.05) is 33.9 Å². The summed E-state index contributed by atoms with van der Waals surface area (Å²) in [5.41, 5.74) is 5.48. The van der Waals surface area contributed by atoms with Gasteiger partial charge in [-0.1, -0.05) is 40.9 Å². The van der Waals surface area contributed by atoms with Crippen LogP contribution in [0.3, 0.4) is 0 Å². The van der Waals surface area contributed by atoms with Gasteiger partial charge >= 0.3 is 0 Å². The van der Waals surface area contributed by atoms with Gasteiger partial charge in [-0.15, -0.1) is 11.8 Å². The second-order valence-electron chi connectivity index (χ2n) is 10.6. The summed E-state index contributed by atoms with van der Waals surface area (Å²) in [5.74, 6) is 4.55. The Kier molecular flexibility index (Phi) is 5.48. The molecule has 0 saturated heterocycles. The molecule has 3 aromatic rings. The summed E-state index contributed by atoms with van der Waals surface area (Å²) in [4.78, 5) is 1.25. The van der Waals surface area contributed by atoms with Crippen LogP contribution in [-0.2, 0) is 12.3 Å². The summed E-state index contributed by atoms with van der Waals surface area (Å²) in [6.45, 7) is 0.795. The molecule has 4 fully saturated rings. The van der Waals surface area contributed by atoms with Gasteiger partial charge in [-0.3, -0.25) is 0 Å². The highest BCUT2D eigenvalue weighted by Crippen LogP contribution is 2.54. The Morgan fingerprint density at radius 2 is 1.62 bits per heavy atom. The fourth-order valence-corrected chi connectivity index (χ4v) is 9.15. The topological polar surface area (TPSA) is 29.9 Å². The van der Waals surface area contributed by atoms with Crippen LogP contribution in [0.2, 0.25) is 15.1 Å². The molecule has 176 valence electrons. The standard InChI is InChI=1S/C27H26Cl3N3S/c28-19-1-3-21-18(10-19)13-34-27-23(32-33(26(21)27)24-4-2-20(29)11-22(24)30)12-31-25-16-6-14-5-15(8-16)9-17(25)7-14/h1-4,10-11,14-17,25,31H,5-9,12-13H2. The van der Waals surface area contributed by atoms with E-state index >= 15 is 0 Å². The van der Waals surface area contributed by atoms with Crippen LogP contribution >= 0.6 is 46.6 Å². The molecule has 2 heterocycles. The summed E-state index contributed by atoms with van der Waals surface area (Å²) >= 11 is 21.0. The molecular weight excluding hydrogens is 505 g/mol. The average molecular weight is 531 g/mol. The normalized spacial score (nSPS) is 28.7. The highest BCUT2D eigenvalue weighted by Gasteiger charge is 2.48. The third kappa shape index (κ3) is 3.64. The van der Waals surface area contributed by atoms with Crippen LogP contribution in [0, 0.1) is 23.7 Å². The molecule has 0 atom stereocenters. The molecule has 1 aromatic heterocycles. The Balaban J connectivity index is 1.27. The van der Waals surface area contributed by atoms with Crippen molar-refractivity contribution < 1.29 is 0 Å². The van der Waals surface area contributed by atoms with E-state index in [1.807, 2.05) is 34.6 Å². The minimum Gasteiger partial charge on any atom is -0.308 e. The third-order valence-corrected chi connectivity index (χ3v) is 10.4. The highest BCUT2D eigenvalue weighted by atomic mass is 35.5. The largest absolute Gasteiger partial charge is 0.308 e. The first-order valence-electron chi connectivity index (χ1n) is 12.3. The van der Waals surface area contributed by atoms with E-state index in [1.54, 1.807) is 6.07 Å². The summed E-state index contributed by atoms with van der Waals surface area (Å²) in [7, 11) is 0. The number of nitrogens with one attached hydrogen (secondary N) is 1.